The molecule has 1 saturated heterocycles. The molecule has 6 nitrogen and oxygen atoms in total. The van der Waals surface area contributed by atoms with E-state index in [1.807, 2.05) is 0 Å². The zero-order valence-corrected chi connectivity index (χ0v) is 11.8. The van der Waals surface area contributed by atoms with Crippen molar-refractivity contribution < 1.29 is 23.1 Å². The van der Waals surface area contributed by atoms with E-state index >= 15 is 0 Å². The number of rotatable bonds is 6. The number of hydrogen-bond donors (Lipinski definition) is 1. The first-order chi connectivity index (χ1) is 9.49. The van der Waals surface area contributed by atoms with Gasteiger partial charge in [0.2, 0.25) is 10.0 Å². The second kappa shape index (κ2) is 6.23. The lowest BCUT2D eigenvalue weighted by Crippen LogP contribution is -2.27. The van der Waals surface area contributed by atoms with Gasteiger partial charge in [0.25, 0.3) is 0 Å². The Morgan fingerprint density at radius 2 is 2.20 bits per heavy atom. The molecule has 0 saturated carbocycles. The molecule has 20 heavy (non-hydrogen) atoms. The SMILES string of the molecule is O=C(O)c1cccc(OCCCN2CCCS2(=O)=O)c1. The third-order valence-corrected chi connectivity index (χ3v) is 5.06. The van der Waals surface area contributed by atoms with Crippen molar-refractivity contribution in [3.8, 4) is 5.75 Å². The van der Waals surface area contributed by atoms with Gasteiger partial charge >= 0.3 is 5.97 Å². The van der Waals surface area contributed by atoms with Crippen LogP contribution < -0.4 is 4.74 Å². The number of hydrogen-bond acceptors (Lipinski definition) is 4. The van der Waals surface area contributed by atoms with Gasteiger partial charge in [-0.05, 0) is 31.0 Å². The van der Waals surface area contributed by atoms with Crippen LogP contribution >= 0.6 is 0 Å². The normalized spacial score (nSPS) is 18.0. The molecule has 0 aromatic heterocycles. The molecule has 0 spiro atoms. The fraction of sp³-hybridized carbons (Fsp3) is 0.462. The van der Waals surface area contributed by atoms with Crippen LogP contribution in [0.4, 0.5) is 0 Å². The molecule has 1 fully saturated rings. The Hall–Kier alpha value is -1.60. The average molecular weight is 299 g/mol. The zero-order valence-electron chi connectivity index (χ0n) is 11.0. The molecular formula is C13H17NO5S. The van der Waals surface area contributed by atoms with Crippen LogP contribution in [0.2, 0.25) is 0 Å². The summed E-state index contributed by atoms with van der Waals surface area (Å²) in [6.07, 6.45) is 1.26. The molecule has 1 aliphatic rings. The second-order valence-electron chi connectivity index (χ2n) is 4.60. The number of carbonyl (C=O) groups is 1. The molecule has 1 heterocycles. The fourth-order valence-electron chi connectivity index (χ4n) is 2.09. The van der Waals surface area contributed by atoms with Crippen LogP contribution in [0, 0.1) is 0 Å². The molecule has 1 aromatic carbocycles. The quantitative estimate of drug-likeness (QED) is 0.798. The van der Waals surface area contributed by atoms with Crippen molar-refractivity contribution in [3.63, 3.8) is 0 Å². The van der Waals surface area contributed by atoms with Crippen molar-refractivity contribution in [2.24, 2.45) is 0 Å². The third kappa shape index (κ3) is 3.71. The largest absolute Gasteiger partial charge is 0.494 e. The predicted molar refractivity (Wildman–Crippen MR) is 73.5 cm³/mol. The first-order valence-corrected chi connectivity index (χ1v) is 8.04. The average Bonchev–Trinajstić information content (AvgIpc) is 2.74. The van der Waals surface area contributed by atoms with E-state index in [-0.39, 0.29) is 11.3 Å². The van der Waals surface area contributed by atoms with Crippen molar-refractivity contribution in [1.82, 2.24) is 4.31 Å². The van der Waals surface area contributed by atoms with Crippen molar-refractivity contribution in [2.75, 3.05) is 25.4 Å². The number of sulfonamides is 1. The van der Waals surface area contributed by atoms with E-state index in [1.54, 1.807) is 12.1 Å². The van der Waals surface area contributed by atoms with Gasteiger partial charge in [0.05, 0.1) is 17.9 Å². The number of aromatic carboxylic acids is 1. The summed E-state index contributed by atoms with van der Waals surface area (Å²) >= 11 is 0. The summed E-state index contributed by atoms with van der Waals surface area (Å²) in [5.74, 6) is -0.290. The Labute approximate surface area is 118 Å². The van der Waals surface area contributed by atoms with Crippen LogP contribution in [0.25, 0.3) is 0 Å². The highest BCUT2D eigenvalue weighted by atomic mass is 32.2. The van der Waals surface area contributed by atoms with Crippen molar-refractivity contribution in [2.45, 2.75) is 12.8 Å². The standard InChI is InChI=1S/C13H17NO5S/c15-13(16)11-4-1-5-12(10-11)19-8-2-6-14-7-3-9-20(14,17)18/h1,4-5,10H,2-3,6-9H2,(H,15,16). The summed E-state index contributed by atoms with van der Waals surface area (Å²) in [5, 5.41) is 8.85. The summed E-state index contributed by atoms with van der Waals surface area (Å²) in [6, 6.07) is 6.24. The van der Waals surface area contributed by atoms with Crippen molar-refractivity contribution in [3.05, 3.63) is 29.8 Å². The molecule has 0 unspecified atom stereocenters. The molecule has 0 radical (unpaired) electrons. The Morgan fingerprint density at radius 3 is 2.85 bits per heavy atom. The van der Waals surface area contributed by atoms with E-state index in [1.165, 1.54) is 16.4 Å². The van der Waals surface area contributed by atoms with Crippen LogP contribution in [-0.4, -0.2) is 49.2 Å². The van der Waals surface area contributed by atoms with Gasteiger partial charge in [-0.15, -0.1) is 0 Å². The molecule has 1 aromatic rings. The second-order valence-corrected chi connectivity index (χ2v) is 6.69. The highest BCUT2D eigenvalue weighted by Gasteiger charge is 2.27. The summed E-state index contributed by atoms with van der Waals surface area (Å²) in [6.45, 7) is 1.38. The van der Waals surface area contributed by atoms with Crippen LogP contribution in [0.15, 0.2) is 24.3 Å². The van der Waals surface area contributed by atoms with Crippen LogP contribution in [-0.2, 0) is 10.0 Å². The Bertz CT molecular complexity index is 584. The first kappa shape index (κ1) is 14.8. The van der Waals surface area contributed by atoms with Crippen molar-refractivity contribution in [1.29, 1.82) is 0 Å². The van der Waals surface area contributed by atoms with Crippen LogP contribution in [0.5, 0.6) is 5.75 Å². The monoisotopic (exact) mass is 299 g/mol. The highest BCUT2D eigenvalue weighted by molar-refractivity contribution is 7.89. The Kier molecular flexibility index (Phi) is 4.61. The number of benzene rings is 1. The topological polar surface area (TPSA) is 83.9 Å². The summed E-state index contributed by atoms with van der Waals surface area (Å²) in [4.78, 5) is 10.8. The number of carboxylic acid groups (broad SMARTS) is 1. The molecule has 0 atom stereocenters. The number of nitrogens with zero attached hydrogens (tertiary/aromatic N) is 1. The Morgan fingerprint density at radius 1 is 1.40 bits per heavy atom. The highest BCUT2D eigenvalue weighted by Crippen LogP contribution is 2.15. The van der Waals surface area contributed by atoms with Crippen molar-refractivity contribution >= 4 is 16.0 Å². The lowest BCUT2D eigenvalue weighted by atomic mass is 10.2. The molecule has 0 bridgehead atoms. The minimum absolute atomic E-state index is 0.171. The molecule has 1 N–H and O–H groups in total. The van der Waals surface area contributed by atoms with E-state index in [9.17, 15) is 13.2 Å². The summed E-state index contributed by atoms with van der Waals surface area (Å²) in [7, 11) is -3.05. The summed E-state index contributed by atoms with van der Waals surface area (Å²) in [5.41, 5.74) is 0.171. The maximum atomic E-state index is 11.6. The molecule has 2 rings (SSSR count). The van der Waals surface area contributed by atoms with E-state index in [4.69, 9.17) is 9.84 Å². The van der Waals surface area contributed by atoms with Gasteiger partial charge in [-0.25, -0.2) is 17.5 Å². The van der Waals surface area contributed by atoms with Gasteiger partial charge in [0.1, 0.15) is 5.75 Å². The van der Waals surface area contributed by atoms with Gasteiger partial charge in [-0.1, -0.05) is 6.07 Å². The third-order valence-electron chi connectivity index (χ3n) is 3.10. The fourth-order valence-corrected chi connectivity index (χ4v) is 3.66. The minimum Gasteiger partial charge on any atom is -0.494 e. The first-order valence-electron chi connectivity index (χ1n) is 6.43. The molecule has 0 aliphatic carbocycles. The predicted octanol–water partition coefficient (Wildman–Crippen LogP) is 1.19. The van der Waals surface area contributed by atoms with E-state index < -0.39 is 16.0 Å². The lowest BCUT2D eigenvalue weighted by Gasteiger charge is -2.14. The molecule has 1 aliphatic heterocycles. The van der Waals surface area contributed by atoms with Crippen LogP contribution in [0.1, 0.15) is 23.2 Å². The number of ether oxygens (including phenoxy) is 1. The maximum Gasteiger partial charge on any atom is 0.335 e. The van der Waals surface area contributed by atoms with Gasteiger partial charge < -0.3 is 9.84 Å². The van der Waals surface area contributed by atoms with Gasteiger partial charge in [0.15, 0.2) is 0 Å². The van der Waals surface area contributed by atoms with E-state index in [2.05, 4.69) is 0 Å². The molecular weight excluding hydrogens is 282 g/mol. The minimum atomic E-state index is -3.05. The molecule has 110 valence electrons. The van der Waals surface area contributed by atoms with Gasteiger partial charge in [-0.2, -0.15) is 0 Å². The molecule has 7 heteroatoms. The number of carboxylic acids is 1. The van der Waals surface area contributed by atoms with E-state index in [0.29, 0.717) is 38.3 Å². The smallest absolute Gasteiger partial charge is 0.335 e. The van der Waals surface area contributed by atoms with E-state index in [0.717, 1.165) is 0 Å². The van der Waals surface area contributed by atoms with Crippen LogP contribution in [0.3, 0.4) is 0 Å². The maximum absolute atomic E-state index is 11.6. The molecule has 0 amide bonds. The van der Waals surface area contributed by atoms with Gasteiger partial charge in [-0.3, -0.25) is 0 Å². The Balaban J connectivity index is 1.79. The summed E-state index contributed by atoms with van der Waals surface area (Å²) < 4.78 is 30.0. The van der Waals surface area contributed by atoms with Gasteiger partial charge in [0, 0.05) is 13.1 Å². The lowest BCUT2D eigenvalue weighted by molar-refractivity contribution is 0.0696. The zero-order chi connectivity index (χ0) is 14.6.